The van der Waals surface area contributed by atoms with Crippen molar-refractivity contribution in [3.05, 3.63) is 54.1 Å². The van der Waals surface area contributed by atoms with E-state index < -0.39 is 47.4 Å². The number of carbonyl (C=O) groups excluding carboxylic acids is 1. The van der Waals surface area contributed by atoms with Crippen LogP contribution in [0.2, 0.25) is 0 Å². The molecule has 1 fully saturated rings. The number of piperidine rings is 1. The van der Waals surface area contributed by atoms with Crippen LogP contribution in [0.1, 0.15) is 18.4 Å². The van der Waals surface area contributed by atoms with Crippen molar-refractivity contribution in [1.29, 1.82) is 0 Å². The zero-order valence-corrected chi connectivity index (χ0v) is 21.0. The van der Waals surface area contributed by atoms with Gasteiger partial charge in [-0.05, 0) is 49.7 Å². The summed E-state index contributed by atoms with van der Waals surface area (Å²) in [4.78, 5) is 11.5. The topological polar surface area (TPSA) is 125 Å². The van der Waals surface area contributed by atoms with E-state index in [4.69, 9.17) is 0 Å². The van der Waals surface area contributed by atoms with Gasteiger partial charge in [-0.1, -0.05) is 18.2 Å². The molecule has 0 unspecified atom stereocenters. The number of rotatable bonds is 8. The molecular formula is C22H27F3N4O5S2. The largest absolute Gasteiger partial charge is 0.417 e. The van der Waals surface area contributed by atoms with Crippen molar-refractivity contribution in [2.75, 3.05) is 33.2 Å². The van der Waals surface area contributed by atoms with Gasteiger partial charge in [0.05, 0.1) is 20.2 Å². The molecule has 0 spiro atoms. The summed E-state index contributed by atoms with van der Waals surface area (Å²) >= 11 is 0. The molecule has 1 heterocycles. The molecule has 2 amide bonds. The molecule has 14 heteroatoms. The average Bonchev–Trinajstić information content (AvgIpc) is 2.84. The first-order valence-corrected chi connectivity index (χ1v) is 14.0. The van der Waals surface area contributed by atoms with Gasteiger partial charge >= 0.3 is 12.2 Å². The summed E-state index contributed by atoms with van der Waals surface area (Å²) in [5.41, 5.74) is -1.50. The third-order valence-corrected chi connectivity index (χ3v) is 8.89. The number of hydrogen-bond donors (Lipinski definition) is 3. The number of sulfone groups is 1. The van der Waals surface area contributed by atoms with Crippen molar-refractivity contribution in [3.63, 3.8) is 0 Å². The lowest BCUT2D eigenvalue weighted by atomic mass is 10.1. The van der Waals surface area contributed by atoms with E-state index in [1.807, 2.05) is 4.72 Å². The number of alkyl halides is 3. The normalized spacial score (nSPS) is 16.9. The Balaban J connectivity index is 1.78. The molecule has 0 aliphatic carbocycles. The summed E-state index contributed by atoms with van der Waals surface area (Å²) in [7, 11) is -7.63. The van der Waals surface area contributed by atoms with Crippen LogP contribution in [0.25, 0.3) is 0 Å². The number of benzene rings is 2. The molecule has 1 aliphatic heterocycles. The van der Waals surface area contributed by atoms with Crippen molar-refractivity contribution in [2.24, 2.45) is 0 Å². The van der Waals surface area contributed by atoms with Crippen molar-refractivity contribution >= 4 is 25.9 Å². The Morgan fingerprint density at radius 1 is 1.08 bits per heavy atom. The predicted molar refractivity (Wildman–Crippen MR) is 126 cm³/mol. The number of urea groups is 1. The fourth-order valence-electron chi connectivity index (χ4n) is 3.65. The Hall–Kier alpha value is -2.68. The first-order chi connectivity index (χ1) is 16.8. The van der Waals surface area contributed by atoms with Gasteiger partial charge in [0.2, 0.25) is 19.9 Å². The minimum absolute atomic E-state index is 0.0750. The van der Waals surface area contributed by atoms with Gasteiger partial charge in [0.25, 0.3) is 0 Å². The lowest BCUT2D eigenvalue weighted by molar-refractivity contribution is -0.139. The maximum atomic E-state index is 13.6. The van der Waals surface area contributed by atoms with Crippen molar-refractivity contribution < 1.29 is 34.8 Å². The summed E-state index contributed by atoms with van der Waals surface area (Å²) in [5.74, 6) is 0. The van der Waals surface area contributed by atoms with Crippen LogP contribution in [0.3, 0.4) is 0 Å². The third-order valence-electron chi connectivity index (χ3n) is 5.62. The van der Waals surface area contributed by atoms with Gasteiger partial charge in [-0.15, -0.1) is 0 Å². The maximum absolute atomic E-state index is 13.6. The maximum Gasteiger partial charge on any atom is 0.417 e. The van der Waals surface area contributed by atoms with Crippen LogP contribution >= 0.6 is 0 Å². The van der Waals surface area contributed by atoms with E-state index in [9.17, 15) is 34.8 Å². The Morgan fingerprint density at radius 3 is 2.39 bits per heavy atom. The number of nitrogens with zero attached hydrogens (tertiary/aromatic N) is 1. The highest BCUT2D eigenvalue weighted by Crippen LogP contribution is 2.36. The van der Waals surface area contributed by atoms with E-state index >= 15 is 0 Å². The number of hydrogen-bond acceptors (Lipinski definition) is 6. The minimum atomic E-state index is -5.05. The van der Waals surface area contributed by atoms with Crippen LogP contribution in [0.5, 0.6) is 0 Å². The molecule has 0 saturated carbocycles. The predicted octanol–water partition coefficient (Wildman–Crippen LogP) is 2.21. The number of likely N-dealkylation sites (N-methyl/N-ethyl adjacent to an activating group) is 1. The van der Waals surface area contributed by atoms with E-state index in [-0.39, 0.29) is 24.0 Å². The summed E-state index contributed by atoms with van der Waals surface area (Å²) < 4.78 is 94.3. The molecule has 198 valence electrons. The second-order valence-corrected chi connectivity index (χ2v) is 12.0. The molecular weight excluding hydrogens is 521 g/mol. The van der Waals surface area contributed by atoms with Crippen molar-refractivity contribution in [3.8, 4) is 0 Å². The van der Waals surface area contributed by atoms with Gasteiger partial charge in [-0.2, -0.15) is 13.2 Å². The fourth-order valence-corrected chi connectivity index (χ4v) is 6.30. The third kappa shape index (κ3) is 6.75. The Labute approximate surface area is 208 Å². The first-order valence-electron chi connectivity index (χ1n) is 11.1. The van der Waals surface area contributed by atoms with Crippen LogP contribution < -0.4 is 15.4 Å². The van der Waals surface area contributed by atoms with Gasteiger partial charge in [0, 0.05) is 32.7 Å². The molecule has 0 radical (unpaired) electrons. The zero-order valence-electron chi connectivity index (χ0n) is 19.4. The number of halogens is 3. The summed E-state index contributed by atoms with van der Waals surface area (Å²) in [5, 5.41) is 5.94. The summed E-state index contributed by atoms with van der Waals surface area (Å²) in [6, 6.07) is 8.08. The molecule has 36 heavy (non-hydrogen) atoms. The smallest absolute Gasteiger partial charge is 0.334 e. The van der Waals surface area contributed by atoms with Gasteiger partial charge in [0.1, 0.15) is 0 Å². The summed E-state index contributed by atoms with van der Waals surface area (Å²) in [6.07, 6.45) is -3.36. The summed E-state index contributed by atoms with van der Waals surface area (Å²) in [6.45, 7) is 0.948. The van der Waals surface area contributed by atoms with Crippen LogP contribution in [-0.4, -0.2) is 67.0 Å². The molecule has 2 aromatic carbocycles. The second-order valence-electron chi connectivity index (χ2n) is 8.28. The van der Waals surface area contributed by atoms with Crippen molar-refractivity contribution in [1.82, 2.24) is 20.3 Å². The molecule has 0 bridgehead atoms. The highest BCUT2D eigenvalue weighted by atomic mass is 32.2. The van der Waals surface area contributed by atoms with E-state index in [2.05, 4.69) is 10.6 Å². The molecule has 1 saturated heterocycles. The van der Waals surface area contributed by atoms with Crippen LogP contribution in [0.15, 0.2) is 63.2 Å². The molecule has 2 aromatic rings. The monoisotopic (exact) mass is 548 g/mol. The molecule has 9 nitrogen and oxygen atoms in total. The first kappa shape index (κ1) is 27.9. The minimum Gasteiger partial charge on any atom is -0.334 e. The molecule has 1 aliphatic rings. The van der Waals surface area contributed by atoms with Crippen LogP contribution in [-0.2, 0) is 26.0 Å². The van der Waals surface area contributed by atoms with E-state index in [1.165, 1.54) is 36.2 Å². The number of amides is 2. The van der Waals surface area contributed by atoms with Gasteiger partial charge in [-0.3, -0.25) is 0 Å². The number of sulfonamides is 1. The standard InChI is InChI=1S/C22H27F3N4O5S2/c1-29(21(30)28-16-6-5-11-26-15-16)13-12-27-36(33,34)20-14-18(9-10-19(20)22(23,24)25)35(31,32)17-7-3-2-4-8-17/h2-4,7-10,14,16,26-27H,5-6,11-13,15H2,1H3,(H,28,30)/t16-/m1/s1. The number of carbonyl (C=O) groups is 1. The van der Waals surface area contributed by atoms with Crippen LogP contribution in [0.4, 0.5) is 18.0 Å². The lowest BCUT2D eigenvalue weighted by Crippen LogP contribution is -2.50. The van der Waals surface area contributed by atoms with E-state index in [0.29, 0.717) is 18.7 Å². The average molecular weight is 549 g/mol. The lowest BCUT2D eigenvalue weighted by Gasteiger charge is -2.26. The van der Waals surface area contributed by atoms with Gasteiger partial charge in [0.15, 0.2) is 0 Å². The zero-order chi connectivity index (χ0) is 26.6. The Kier molecular flexibility index (Phi) is 8.64. The SMILES string of the molecule is CN(CCNS(=O)(=O)c1cc(S(=O)(=O)c2ccccc2)ccc1C(F)(F)F)C(=O)N[C@@H]1CCCNC1. The molecule has 1 atom stereocenters. The van der Waals surface area contributed by atoms with Crippen LogP contribution in [0, 0.1) is 0 Å². The van der Waals surface area contributed by atoms with Gasteiger partial charge in [-0.25, -0.2) is 26.4 Å². The molecule has 0 aromatic heterocycles. The molecule has 3 N–H and O–H groups in total. The Bertz CT molecular complexity index is 1280. The highest BCUT2D eigenvalue weighted by Gasteiger charge is 2.38. The van der Waals surface area contributed by atoms with E-state index in [1.54, 1.807) is 6.07 Å². The highest BCUT2D eigenvalue weighted by molar-refractivity contribution is 7.91. The Morgan fingerprint density at radius 2 is 1.78 bits per heavy atom. The van der Waals surface area contributed by atoms with Crippen molar-refractivity contribution in [2.45, 2.75) is 39.7 Å². The molecule has 3 rings (SSSR count). The fraction of sp³-hybridized carbons (Fsp3) is 0.409. The van der Waals surface area contributed by atoms with E-state index in [0.717, 1.165) is 25.5 Å². The quantitative estimate of drug-likeness (QED) is 0.465. The van der Waals surface area contributed by atoms with Gasteiger partial charge < -0.3 is 15.5 Å². The second kappa shape index (κ2) is 11.2. The number of nitrogens with one attached hydrogen (secondary N) is 3.